The van der Waals surface area contributed by atoms with Gasteiger partial charge in [0.2, 0.25) is 5.91 Å². The van der Waals surface area contributed by atoms with Crippen LogP contribution in [0.2, 0.25) is 0 Å². The molecule has 1 aromatic heterocycles. The van der Waals surface area contributed by atoms with Gasteiger partial charge in [-0.2, -0.15) is 0 Å². The third-order valence-electron chi connectivity index (χ3n) is 5.33. The van der Waals surface area contributed by atoms with Crippen LogP contribution in [0.4, 0.5) is 5.13 Å². The maximum atomic E-state index is 12.7. The van der Waals surface area contributed by atoms with Gasteiger partial charge in [0.05, 0.1) is 16.3 Å². The van der Waals surface area contributed by atoms with Crippen LogP contribution >= 0.6 is 11.3 Å². The molecule has 1 aliphatic heterocycles. The third kappa shape index (κ3) is 3.98. The topological polar surface area (TPSA) is 45.2 Å². The van der Waals surface area contributed by atoms with Crippen molar-refractivity contribution in [2.45, 2.75) is 32.7 Å². The van der Waals surface area contributed by atoms with Gasteiger partial charge >= 0.3 is 0 Å². The zero-order valence-electron chi connectivity index (χ0n) is 15.8. The second-order valence-electron chi connectivity index (χ2n) is 7.37. The van der Waals surface area contributed by atoms with E-state index >= 15 is 0 Å². The first kappa shape index (κ1) is 18.0. The Morgan fingerprint density at radius 3 is 2.67 bits per heavy atom. The van der Waals surface area contributed by atoms with E-state index in [9.17, 15) is 4.79 Å². The van der Waals surface area contributed by atoms with E-state index in [0.29, 0.717) is 0 Å². The Morgan fingerprint density at radius 1 is 1.19 bits per heavy atom. The number of amides is 1. The molecule has 0 radical (unpaired) electrons. The number of benzene rings is 2. The third-order valence-corrected chi connectivity index (χ3v) is 6.41. The summed E-state index contributed by atoms with van der Waals surface area (Å²) in [4.78, 5) is 19.8. The number of hydrogen-bond acceptors (Lipinski definition) is 4. The molecule has 1 N–H and O–H groups in total. The monoisotopic (exact) mass is 379 g/mol. The van der Waals surface area contributed by atoms with E-state index in [1.54, 1.807) is 11.3 Å². The molecule has 1 fully saturated rings. The van der Waals surface area contributed by atoms with Crippen molar-refractivity contribution in [3.05, 3.63) is 59.7 Å². The van der Waals surface area contributed by atoms with Gasteiger partial charge in [-0.15, -0.1) is 0 Å². The number of carbonyl (C=O) groups is 1. The molecule has 0 bridgehead atoms. The number of nitrogens with zero attached hydrogens (tertiary/aromatic N) is 2. The van der Waals surface area contributed by atoms with Crippen molar-refractivity contribution in [1.29, 1.82) is 0 Å². The molecule has 2 aromatic carbocycles. The van der Waals surface area contributed by atoms with Gasteiger partial charge in [-0.25, -0.2) is 4.98 Å². The van der Waals surface area contributed by atoms with Gasteiger partial charge in [-0.1, -0.05) is 47.7 Å². The molecule has 1 aliphatic rings. The highest BCUT2D eigenvalue weighted by atomic mass is 32.1. The van der Waals surface area contributed by atoms with Crippen molar-refractivity contribution < 1.29 is 4.79 Å². The molecule has 0 spiro atoms. The van der Waals surface area contributed by atoms with Crippen LogP contribution in [0, 0.1) is 12.8 Å². The van der Waals surface area contributed by atoms with Crippen molar-refractivity contribution >= 4 is 32.6 Å². The van der Waals surface area contributed by atoms with Crippen LogP contribution in [0.25, 0.3) is 10.2 Å². The van der Waals surface area contributed by atoms with E-state index in [0.717, 1.165) is 42.1 Å². The zero-order valence-corrected chi connectivity index (χ0v) is 16.6. The molecular formula is C22H25N3OS. The van der Waals surface area contributed by atoms with Gasteiger partial charge in [0, 0.05) is 19.0 Å². The molecule has 3 aromatic rings. The minimum atomic E-state index is 0.0456. The number of aryl methyl sites for hydroxylation is 1. The van der Waals surface area contributed by atoms with Gasteiger partial charge in [-0.05, 0) is 49.9 Å². The number of anilines is 1. The predicted molar refractivity (Wildman–Crippen MR) is 112 cm³/mol. The molecule has 4 rings (SSSR count). The molecule has 1 saturated heterocycles. The molecule has 27 heavy (non-hydrogen) atoms. The lowest BCUT2D eigenvalue weighted by Gasteiger charge is -2.31. The quantitative estimate of drug-likeness (QED) is 0.715. The summed E-state index contributed by atoms with van der Waals surface area (Å²) < 4.78 is 1.24. The molecule has 0 aliphatic carbocycles. The van der Waals surface area contributed by atoms with Crippen LogP contribution < -0.4 is 10.2 Å². The first-order valence-electron chi connectivity index (χ1n) is 9.57. The van der Waals surface area contributed by atoms with Crippen LogP contribution in [0.5, 0.6) is 0 Å². The predicted octanol–water partition coefficient (Wildman–Crippen LogP) is 4.70. The lowest BCUT2D eigenvalue weighted by molar-refractivity contribution is -0.126. The maximum Gasteiger partial charge on any atom is 0.223 e. The van der Waals surface area contributed by atoms with E-state index < -0.39 is 0 Å². The average Bonchev–Trinajstić information content (AvgIpc) is 3.12. The molecule has 4 nitrogen and oxygen atoms in total. The Morgan fingerprint density at radius 2 is 1.93 bits per heavy atom. The van der Waals surface area contributed by atoms with Crippen molar-refractivity contribution in [2.24, 2.45) is 5.92 Å². The Hall–Kier alpha value is -2.40. The fourth-order valence-electron chi connectivity index (χ4n) is 3.64. The number of rotatable bonds is 4. The van der Waals surface area contributed by atoms with Gasteiger partial charge in [-0.3, -0.25) is 4.79 Å². The van der Waals surface area contributed by atoms with Crippen LogP contribution in [-0.2, 0) is 4.79 Å². The molecule has 0 saturated carbocycles. The number of piperidine rings is 1. The Labute approximate surface area is 164 Å². The van der Waals surface area contributed by atoms with E-state index in [1.165, 1.54) is 10.3 Å². The van der Waals surface area contributed by atoms with Crippen molar-refractivity contribution in [3.63, 3.8) is 0 Å². The SMILES string of the molecule is Cc1ccc2nc(N3CCC(C(=O)NC(C)c4ccccc4)CC3)sc2c1. The zero-order chi connectivity index (χ0) is 18.8. The van der Waals surface area contributed by atoms with E-state index in [2.05, 4.69) is 47.5 Å². The molecule has 2 heterocycles. The van der Waals surface area contributed by atoms with Gasteiger partial charge in [0.1, 0.15) is 0 Å². The largest absolute Gasteiger partial charge is 0.349 e. The summed E-state index contributed by atoms with van der Waals surface area (Å²) in [5, 5.41) is 4.25. The Kier molecular flexibility index (Phi) is 5.12. The van der Waals surface area contributed by atoms with Crippen LogP contribution in [0.3, 0.4) is 0 Å². The van der Waals surface area contributed by atoms with Crippen LogP contribution in [0.15, 0.2) is 48.5 Å². The summed E-state index contributed by atoms with van der Waals surface area (Å²) in [6, 6.07) is 16.6. The lowest BCUT2D eigenvalue weighted by Crippen LogP contribution is -2.41. The fourth-order valence-corrected chi connectivity index (χ4v) is 4.76. The number of nitrogens with one attached hydrogen (secondary N) is 1. The Bertz CT molecular complexity index is 929. The van der Waals surface area contributed by atoms with Gasteiger partial charge in [0.15, 0.2) is 5.13 Å². The number of hydrogen-bond donors (Lipinski definition) is 1. The highest BCUT2D eigenvalue weighted by molar-refractivity contribution is 7.22. The molecule has 1 atom stereocenters. The van der Waals surface area contributed by atoms with Crippen LogP contribution in [0.1, 0.15) is 36.9 Å². The summed E-state index contributed by atoms with van der Waals surface area (Å²) in [5.74, 6) is 0.259. The summed E-state index contributed by atoms with van der Waals surface area (Å²) in [7, 11) is 0. The number of aromatic nitrogens is 1. The number of carbonyl (C=O) groups excluding carboxylic acids is 1. The summed E-state index contributed by atoms with van der Waals surface area (Å²) in [6.45, 7) is 5.93. The standard InChI is InChI=1S/C22H25N3OS/c1-15-8-9-19-20(14-15)27-22(24-19)25-12-10-18(11-13-25)21(26)23-16(2)17-6-4-3-5-7-17/h3-9,14,16,18H,10-13H2,1-2H3,(H,23,26). The molecular weight excluding hydrogens is 354 g/mol. The lowest BCUT2D eigenvalue weighted by atomic mass is 9.95. The van der Waals surface area contributed by atoms with E-state index in [-0.39, 0.29) is 17.9 Å². The second kappa shape index (κ2) is 7.69. The molecule has 1 unspecified atom stereocenters. The molecule has 140 valence electrons. The highest BCUT2D eigenvalue weighted by Crippen LogP contribution is 2.32. The van der Waals surface area contributed by atoms with E-state index in [1.807, 2.05) is 25.1 Å². The number of fused-ring (bicyclic) bond motifs is 1. The van der Waals surface area contributed by atoms with E-state index in [4.69, 9.17) is 4.98 Å². The fraction of sp³-hybridized carbons (Fsp3) is 0.364. The minimum Gasteiger partial charge on any atom is -0.349 e. The molecule has 1 amide bonds. The van der Waals surface area contributed by atoms with Crippen molar-refractivity contribution in [3.8, 4) is 0 Å². The highest BCUT2D eigenvalue weighted by Gasteiger charge is 2.27. The van der Waals surface area contributed by atoms with Crippen molar-refractivity contribution in [1.82, 2.24) is 10.3 Å². The van der Waals surface area contributed by atoms with Crippen LogP contribution in [-0.4, -0.2) is 24.0 Å². The summed E-state index contributed by atoms with van der Waals surface area (Å²) in [5.41, 5.74) is 3.48. The number of thiazole rings is 1. The maximum absolute atomic E-state index is 12.7. The smallest absolute Gasteiger partial charge is 0.223 e. The van der Waals surface area contributed by atoms with Crippen molar-refractivity contribution in [2.75, 3.05) is 18.0 Å². The Balaban J connectivity index is 1.36. The summed E-state index contributed by atoms with van der Waals surface area (Å²) >= 11 is 1.75. The minimum absolute atomic E-state index is 0.0456. The van der Waals surface area contributed by atoms with Gasteiger partial charge in [0.25, 0.3) is 0 Å². The molecule has 5 heteroatoms. The normalized spacial score (nSPS) is 16.4. The second-order valence-corrected chi connectivity index (χ2v) is 8.38. The average molecular weight is 380 g/mol. The van der Waals surface area contributed by atoms with Gasteiger partial charge < -0.3 is 10.2 Å². The first-order valence-corrected chi connectivity index (χ1v) is 10.4. The summed E-state index contributed by atoms with van der Waals surface area (Å²) in [6.07, 6.45) is 1.75. The first-order chi connectivity index (χ1) is 13.1.